The van der Waals surface area contributed by atoms with E-state index >= 15 is 0 Å². The molecule has 1 aromatic carbocycles. The van der Waals surface area contributed by atoms with Crippen molar-refractivity contribution in [2.45, 2.75) is 12.8 Å². The Bertz CT molecular complexity index is 442. The molecule has 1 atom stereocenters. The Kier molecular flexibility index (Phi) is 3.60. The van der Waals surface area contributed by atoms with Crippen LogP contribution in [0.5, 0.6) is 0 Å². The van der Waals surface area contributed by atoms with Gasteiger partial charge in [-0.05, 0) is 30.9 Å². The van der Waals surface area contributed by atoms with Gasteiger partial charge in [-0.25, -0.2) is 4.39 Å². The molecule has 90 valence electrons. The highest BCUT2D eigenvalue weighted by Crippen LogP contribution is 2.28. The average molecular weight is 234 g/mol. The third-order valence-electron chi connectivity index (χ3n) is 3.20. The first-order valence-corrected chi connectivity index (χ1v) is 5.80. The van der Waals surface area contributed by atoms with Crippen molar-refractivity contribution in [3.8, 4) is 6.07 Å². The van der Waals surface area contributed by atoms with Crippen LogP contribution in [0.4, 0.5) is 10.1 Å². The lowest BCUT2D eigenvalue weighted by Gasteiger charge is -2.34. The fraction of sp³-hybridized carbons (Fsp3) is 0.462. The summed E-state index contributed by atoms with van der Waals surface area (Å²) >= 11 is 0. The molecule has 0 aromatic heterocycles. The second-order valence-electron chi connectivity index (χ2n) is 4.38. The Morgan fingerprint density at radius 1 is 1.53 bits per heavy atom. The molecule has 0 bridgehead atoms. The van der Waals surface area contributed by atoms with Gasteiger partial charge in [0.1, 0.15) is 11.9 Å². The van der Waals surface area contributed by atoms with Crippen molar-refractivity contribution >= 4 is 5.69 Å². The summed E-state index contributed by atoms with van der Waals surface area (Å²) in [6.07, 6.45) is 1.88. The number of hydrogen-bond acceptors (Lipinski definition) is 3. The zero-order chi connectivity index (χ0) is 12.3. The molecule has 1 heterocycles. The van der Waals surface area contributed by atoms with E-state index in [1.54, 1.807) is 12.1 Å². The lowest BCUT2D eigenvalue weighted by atomic mass is 9.97. The molecule has 1 aromatic rings. The molecule has 1 N–H and O–H groups in total. The van der Waals surface area contributed by atoms with E-state index in [4.69, 9.17) is 10.4 Å². The summed E-state index contributed by atoms with van der Waals surface area (Å²) in [5.74, 6) is -0.183. The maximum Gasteiger partial charge on any atom is 0.147 e. The topological polar surface area (TPSA) is 47.3 Å². The minimum Gasteiger partial charge on any atom is -0.396 e. The van der Waals surface area contributed by atoms with Crippen molar-refractivity contribution in [1.29, 1.82) is 5.26 Å². The zero-order valence-electron chi connectivity index (χ0n) is 9.56. The van der Waals surface area contributed by atoms with Gasteiger partial charge in [0.15, 0.2) is 0 Å². The van der Waals surface area contributed by atoms with Crippen LogP contribution in [0.3, 0.4) is 0 Å². The molecule has 1 fully saturated rings. The Hall–Kier alpha value is -1.60. The van der Waals surface area contributed by atoms with Crippen LogP contribution >= 0.6 is 0 Å². The third-order valence-corrected chi connectivity index (χ3v) is 3.20. The first-order valence-electron chi connectivity index (χ1n) is 5.80. The van der Waals surface area contributed by atoms with Gasteiger partial charge in [-0.15, -0.1) is 0 Å². The molecular weight excluding hydrogens is 219 g/mol. The Balaban J connectivity index is 2.30. The number of piperidine rings is 1. The lowest BCUT2D eigenvalue weighted by Crippen LogP contribution is -2.37. The number of aliphatic hydroxyl groups excluding tert-OH is 1. The van der Waals surface area contributed by atoms with E-state index in [0.29, 0.717) is 17.8 Å². The molecule has 17 heavy (non-hydrogen) atoms. The molecule has 0 saturated carbocycles. The fourth-order valence-corrected chi connectivity index (χ4v) is 2.34. The number of para-hydroxylation sites is 1. The molecule has 1 aliphatic rings. The first kappa shape index (κ1) is 11.9. The van der Waals surface area contributed by atoms with E-state index in [-0.39, 0.29) is 18.3 Å². The van der Waals surface area contributed by atoms with E-state index in [1.165, 1.54) is 6.07 Å². The van der Waals surface area contributed by atoms with E-state index in [2.05, 4.69) is 0 Å². The second-order valence-corrected chi connectivity index (χ2v) is 4.38. The van der Waals surface area contributed by atoms with Crippen LogP contribution in [0.1, 0.15) is 18.4 Å². The molecule has 1 unspecified atom stereocenters. The number of hydrogen-bond donors (Lipinski definition) is 1. The van der Waals surface area contributed by atoms with Gasteiger partial charge in [0.2, 0.25) is 0 Å². The number of aliphatic hydroxyl groups is 1. The van der Waals surface area contributed by atoms with Gasteiger partial charge in [0.25, 0.3) is 0 Å². The van der Waals surface area contributed by atoms with Crippen molar-refractivity contribution in [2.24, 2.45) is 5.92 Å². The Morgan fingerprint density at radius 3 is 3.06 bits per heavy atom. The van der Waals surface area contributed by atoms with E-state index < -0.39 is 0 Å². The molecule has 0 radical (unpaired) electrons. The van der Waals surface area contributed by atoms with Crippen molar-refractivity contribution in [2.75, 3.05) is 24.6 Å². The van der Waals surface area contributed by atoms with Crippen LogP contribution in [0, 0.1) is 23.1 Å². The number of nitriles is 1. The molecule has 0 aliphatic carbocycles. The van der Waals surface area contributed by atoms with E-state index in [1.807, 2.05) is 11.0 Å². The summed E-state index contributed by atoms with van der Waals surface area (Å²) in [5, 5.41) is 18.2. The van der Waals surface area contributed by atoms with E-state index in [9.17, 15) is 4.39 Å². The first-order chi connectivity index (χ1) is 8.26. The van der Waals surface area contributed by atoms with Crippen LogP contribution in [0.15, 0.2) is 18.2 Å². The van der Waals surface area contributed by atoms with Crippen molar-refractivity contribution in [1.82, 2.24) is 0 Å². The number of halogens is 1. The SMILES string of the molecule is N#Cc1cccc(F)c1N1CCCC(CO)C1. The largest absolute Gasteiger partial charge is 0.396 e. The highest BCUT2D eigenvalue weighted by molar-refractivity contribution is 5.60. The standard InChI is InChI=1S/C13H15FN2O/c14-12-5-1-4-11(7-15)13(12)16-6-2-3-10(8-16)9-17/h1,4-5,10,17H,2-3,6,8-9H2. The monoisotopic (exact) mass is 234 g/mol. The molecule has 4 heteroatoms. The van der Waals surface area contributed by atoms with Crippen molar-refractivity contribution in [3.05, 3.63) is 29.6 Å². The van der Waals surface area contributed by atoms with Crippen LogP contribution in [-0.2, 0) is 0 Å². The number of rotatable bonds is 2. The molecule has 2 rings (SSSR count). The van der Waals surface area contributed by atoms with Gasteiger partial charge in [0.05, 0.1) is 11.3 Å². The summed E-state index contributed by atoms with van der Waals surface area (Å²) in [7, 11) is 0. The molecule has 3 nitrogen and oxygen atoms in total. The summed E-state index contributed by atoms with van der Waals surface area (Å²) in [5.41, 5.74) is 0.747. The molecule has 1 aliphatic heterocycles. The highest BCUT2D eigenvalue weighted by atomic mass is 19.1. The Labute approximate surface area is 100 Å². The van der Waals surface area contributed by atoms with Crippen molar-refractivity contribution < 1.29 is 9.50 Å². The second kappa shape index (κ2) is 5.15. The number of anilines is 1. The maximum absolute atomic E-state index is 13.8. The number of benzene rings is 1. The molecule has 0 amide bonds. The highest BCUT2D eigenvalue weighted by Gasteiger charge is 2.23. The zero-order valence-corrected chi connectivity index (χ0v) is 9.56. The van der Waals surface area contributed by atoms with Crippen molar-refractivity contribution in [3.63, 3.8) is 0 Å². The third kappa shape index (κ3) is 2.40. The minimum absolute atomic E-state index is 0.118. The van der Waals surface area contributed by atoms with Gasteiger partial charge in [0, 0.05) is 19.7 Å². The smallest absolute Gasteiger partial charge is 0.147 e. The molecular formula is C13H15FN2O. The summed E-state index contributed by atoms with van der Waals surface area (Å²) in [6, 6.07) is 6.57. The summed E-state index contributed by atoms with van der Waals surface area (Å²) < 4.78 is 13.8. The molecule has 1 saturated heterocycles. The van der Waals surface area contributed by atoms with Gasteiger partial charge in [-0.1, -0.05) is 6.07 Å². The summed E-state index contributed by atoms with van der Waals surface area (Å²) in [6.45, 7) is 1.48. The number of nitrogens with zero attached hydrogens (tertiary/aromatic N) is 2. The summed E-state index contributed by atoms with van der Waals surface area (Å²) in [4.78, 5) is 1.87. The van der Waals surface area contributed by atoms with Crippen LogP contribution in [-0.4, -0.2) is 24.8 Å². The lowest BCUT2D eigenvalue weighted by molar-refractivity contribution is 0.208. The quantitative estimate of drug-likeness (QED) is 0.850. The minimum atomic E-state index is -0.359. The van der Waals surface area contributed by atoms with Crippen LogP contribution in [0.2, 0.25) is 0 Å². The van der Waals surface area contributed by atoms with Crippen LogP contribution < -0.4 is 4.90 Å². The Morgan fingerprint density at radius 2 is 2.35 bits per heavy atom. The molecule has 0 spiro atoms. The van der Waals surface area contributed by atoms with Gasteiger partial charge in [-0.3, -0.25) is 0 Å². The average Bonchev–Trinajstić information content (AvgIpc) is 2.38. The fourth-order valence-electron chi connectivity index (χ4n) is 2.34. The van der Waals surface area contributed by atoms with Gasteiger partial charge >= 0.3 is 0 Å². The van der Waals surface area contributed by atoms with E-state index in [0.717, 1.165) is 19.4 Å². The predicted molar refractivity (Wildman–Crippen MR) is 63.1 cm³/mol. The van der Waals surface area contributed by atoms with Gasteiger partial charge < -0.3 is 10.0 Å². The maximum atomic E-state index is 13.8. The normalized spacial score (nSPS) is 20.1. The van der Waals surface area contributed by atoms with Crippen LogP contribution in [0.25, 0.3) is 0 Å². The predicted octanol–water partition coefficient (Wildman–Crippen LogP) is 1.91. The van der Waals surface area contributed by atoms with Gasteiger partial charge in [-0.2, -0.15) is 5.26 Å².